The number of carbonyl (C=O) groups excluding carboxylic acids is 1. The summed E-state index contributed by atoms with van der Waals surface area (Å²) >= 11 is -2.34. The minimum Gasteiger partial charge on any atom is -0.768 e. The first-order valence-electron chi connectivity index (χ1n) is 4.84. The van der Waals surface area contributed by atoms with Crippen molar-refractivity contribution in [2.45, 2.75) is 25.7 Å². The fourth-order valence-electron chi connectivity index (χ4n) is 1.69. The molecule has 1 aromatic heterocycles. The molecule has 0 aliphatic carbocycles. The summed E-state index contributed by atoms with van der Waals surface area (Å²) in [4.78, 5) is 11.8. The summed E-state index contributed by atoms with van der Waals surface area (Å²) in [7, 11) is 1.64. The number of esters is 1. The van der Waals surface area contributed by atoms with Crippen molar-refractivity contribution < 1.29 is 18.3 Å². The van der Waals surface area contributed by atoms with Crippen molar-refractivity contribution in [3.05, 3.63) is 17.0 Å². The van der Waals surface area contributed by atoms with Crippen molar-refractivity contribution >= 4 is 17.0 Å². The molecule has 90 valence electrons. The Hall–Kier alpha value is -1.14. The monoisotopic (exact) mass is 244 g/mol. The van der Waals surface area contributed by atoms with E-state index in [1.54, 1.807) is 32.4 Å². The second kappa shape index (κ2) is 4.80. The summed E-state index contributed by atoms with van der Waals surface area (Å²) in [5.74, 6) is -0.498. The van der Waals surface area contributed by atoms with Crippen LogP contribution in [0.4, 0.5) is 0 Å². The third-order valence-electron chi connectivity index (χ3n) is 2.50. The van der Waals surface area contributed by atoms with Gasteiger partial charge in [0.15, 0.2) is 0 Å². The Kier molecular flexibility index (Phi) is 3.88. The molecule has 0 amide bonds. The quantitative estimate of drug-likeness (QED) is 0.588. The fraction of sp³-hybridized carbons (Fsp3) is 0.500. The highest BCUT2D eigenvalue weighted by atomic mass is 32.2. The standard InChI is InChI=1S/C10H15NO4S/c1-5-15-10(12)8-6(2)9(16(13)14)7(3)11(8)4/h5H2,1-4H3,(H,13,14)/p-1. The van der Waals surface area contributed by atoms with Crippen LogP contribution in [0.3, 0.4) is 0 Å². The van der Waals surface area contributed by atoms with Gasteiger partial charge in [0.1, 0.15) is 5.69 Å². The van der Waals surface area contributed by atoms with Crippen LogP contribution in [0.5, 0.6) is 0 Å². The van der Waals surface area contributed by atoms with Crippen molar-refractivity contribution in [2.75, 3.05) is 6.61 Å². The molecule has 5 nitrogen and oxygen atoms in total. The largest absolute Gasteiger partial charge is 0.768 e. The van der Waals surface area contributed by atoms with Crippen LogP contribution in [0.1, 0.15) is 28.7 Å². The van der Waals surface area contributed by atoms with Gasteiger partial charge in [0.05, 0.1) is 6.61 Å². The van der Waals surface area contributed by atoms with Crippen LogP contribution in [0.25, 0.3) is 0 Å². The molecule has 0 N–H and O–H groups in total. The molecule has 0 aliphatic rings. The van der Waals surface area contributed by atoms with Crippen LogP contribution in [-0.2, 0) is 22.9 Å². The maximum absolute atomic E-state index is 11.6. The smallest absolute Gasteiger partial charge is 0.355 e. The lowest BCUT2D eigenvalue weighted by atomic mass is 10.2. The number of rotatable bonds is 3. The summed E-state index contributed by atoms with van der Waals surface area (Å²) in [6.45, 7) is 5.22. The molecule has 0 bridgehead atoms. The van der Waals surface area contributed by atoms with E-state index in [4.69, 9.17) is 4.74 Å². The second-order valence-corrected chi connectivity index (χ2v) is 4.28. The van der Waals surface area contributed by atoms with E-state index < -0.39 is 17.0 Å². The SMILES string of the molecule is CCOC(=O)c1c(C)c(S(=O)[O-])c(C)n1C. The van der Waals surface area contributed by atoms with Gasteiger partial charge in [-0.2, -0.15) is 0 Å². The maximum Gasteiger partial charge on any atom is 0.355 e. The van der Waals surface area contributed by atoms with Crippen molar-refractivity contribution in [3.8, 4) is 0 Å². The highest BCUT2D eigenvalue weighted by Gasteiger charge is 2.21. The number of aromatic nitrogens is 1. The normalized spacial score (nSPS) is 12.6. The van der Waals surface area contributed by atoms with Gasteiger partial charge in [0.25, 0.3) is 0 Å². The molecule has 6 heteroatoms. The van der Waals surface area contributed by atoms with Gasteiger partial charge in [-0.05, 0) is 37.4 Å². The topological polar surface area (TPSA) is 71.4 Å². The third kappa shape index (κ3) is 2.03. The van der Waals surface area contributed by atoms with E-state index in [1.165, 1.54) is 0 Å². The first-order valence-corrected chi connectivity index (χ1v) is 5.91. The molecular formula is C10H14NO4S-. The third-order valence-corrected chi connectivity index (χ3v) is 3.43. The van der Waals surface area contributed by atoms with Gasteiger partial charge < -0.3 is 13.9 Å². The van der Waals surface area contributed by atoms with Gasteiger partial charge in [-0.1, -0.05) is 0 Å². The first kappa shape index (κ1) is 12.9. The summed E-state index contributed by atoms with van der Waals surface area (Å²) in [6, 6.07) is 0. The predicted octanol–water partition coefficient (Wildman–Crippen LogP) is 1.06. The number of carbonyl (C=O) groups is 1. The zero-order chi connectivity index (χ0) is 12.5. The van der Waals surface area contributed by atoms with Crippen molar-refractivity contribution in [2.24, 2.45) is 7.05 Å². The van der Waals surface area contributed by atoms with Gasteiger partial charge in [0, 0.05) is 17.6 Å². The zero-order valence-corrected chi connectivity index (χ0v) is 10.5. The number of nitrogens with zero attached hydrogens (tertiary/aromatic N) is 1. The number of hydrogen-bond donors (Lipinski definition) is 0. The summed E-state index contributed by atoms with van der Waals surface area (Å²) in [5, 5.41) is 0. The van der Waals surface area contributed by atoms with Crippen LogP contribution in [0.2, 0.25) is 0 Å². The molecular weight excluding hydrogens is 230 g/mol. The highest BCUT2D eigenvalue weighted by molar-refractivity contribution is 7.79. The van der Waals surface area contributed by atoms with Crippen molar-refractivity contribution in [1.29, 1.82) is 0 Å². The lowest BCUT2D eigenvalue weighted by Crippen LogP contribution is -2.11. The molecule has 1 rings (SSSR count). The van der Waals surface area contributed by atoms with E-state index in [2.05, 4.69) is 0 Å². The van der Waals surface area contributed by atoms with Gasteiger partial charge in [-0.25, -0.2) is 4.79 Å². The van der Waals surface area contributed by atoms with E-state index in [-0.39, 0.29) is 11.5 Å². The van der Waals surface area contributed by atoms with Crippen LogP contribution in [-0.4, -0.2) is 25.9 Å². The van der Waals surface area contributed by atoms with Crippen molar-refractivity contribution in [3.63, 3.8) is 0 Å². The number of ether oxygens (including phenoxy) is 1. The summed E-state index contributed by atoms with van der Waals surface area (Å²) < 4.78 is 28.5. The average Bonchev–Trinajstić information content (AvgIpc) is 2.38. The van der Waals surface area contributed by atoms with Gasteiger partial charge in [-0.3, -0.25) is 4.21 Å². The average molecular weight is 244 g/mol. The Morgan fingerprint density at radius 3 is 2.44 bits per heavy atom. The molecule has 1 unspecified atom stereocenters. The molecule has 0 radical (unpaired) electrons. The van der Waals surface area contributed by atoms with Gasteiger partial charge >= 0.3 is 5.97 Å². The Labute approximate surface area is 96.7 Å². The molecule has 1 atom stereocenters. The molecule has 0 spiro atoms. The molecule has 0 aromatic carbocycles. The predicted molar refractivity (Wildman–Crippen MR) is 58.0 cm³/mol. The molecule has 0 aliphatic heterocycles. The van der Waals surface area contributed by atoms with Crippen LogP contribution >= 0.6 is 0 Å². The Morgan fingerprint density at radius 2 is 2.06 bits per heavy atom. The van der Waals surface area contributed by atoms with Crippen LogP contribution < -0.4 is 0 Å². The first-order chi connectivity index (χ1) is 7.41. The Balaban J connectivity index is 3.37. The molecule has 16 heavy (non-hydrogen) atoms. The lowest BCUT2D eigenvalue weighted by Gasteiger charge is -2.05. The van der Waals surface area contributed by atoms with E-state index in [0.29, 0.717) is 17.0 Å². The van der Waals surface area contributed by atoms with E-state index in [9.17, 15) is 13.6 Å². The Morgan fingerprint density at radius 1 is 1.50 bits per heavy atom. The molecule has 1 heterocycles. The van der Waals surface area contributed by atoms with Crippen LogP contribution in [0.15, 0.2) is 4.90 Å². The molecule has 0 saturated carbocycles. The summed E-state index contributed by atoms with van der Waals surface area (Å²) in [5.41, 5.74) is 1.26. The number of hydrogen-bond acceptors (Lipinski definition) is 4. The van der Waals surface area contributed by atoms with E-state index >= 15 is 0 Å². The van der Waals surface area contributed by atoms with Gasteiger partial charge in [-0.15, -0.1) is 0 Å². The molecule has 0 saturated heterocycles. The van der Waals surface area contributed by atoms with Crippen LogP contribution in [0, 0.1) is 13.8 Å². The maximum atomic E-state index is 11.6. The minimum atomic E-state index is -2.34. The fourth-order valence-corrected chi connectivity index (χ4v) is 2.41. The highest BCUT2D eigenvalue weighted by Crippen LogP contribution is 2.24. The van der Waals surface area contributed by atoms with Crippen molar-refractivity contribution in [1.82, 2.24) is 4.57 Å². The zero-order valence-electron chi connectivity index (χ0n) is 9.70. The minimum absolute atomic E-state index is 0.172. The van der Waals surface area contributed by atoms with E-state index in [0.717, 1.165) is 0 Å². The molecule has 1 aromatic rings. The second-order valence-electron chi connectivity index (χ2n) is 3.40. The summed E-state index contributed by atoms with van der Waals surface area (Å²) in [6.07, 6.45) is 0. The lowest BCUT2D eigenvalue weighted by molar-refractivity contribution is 0.0514. The molecule has 0 fully saturated rings. The Bertz CT molecular complexity index is 450. The van der Waals surface area contributed by atoms with Gasteiger partial charge in [0.2, 0.25) is 0 Å². The van der Waals surface area contributed by atoms with E-state index in [1.807, 2.05) is 0 Å².